The molecule has 0 aliphatic carbocycles. The van der Waals surface area contributed by atoms with Crippen LogP contribution >= 0.6 is 0 Å². The van der Waals surface area contributed by atoms with Crippen molar-refractivity contribution in [3.63, 3.8) is 0 Å². The number of aliphatic hydroxyl groups is 2. The average Bonchev–Trinajstić information content (AvgIpc) is 2.95. The van der Waals surface area contributed by atoms with Crippen molar-refractivity contribution in [1.82, 2.24) is 0 Å². The minimum atomic E-state index is -1.34. The fourth-order valence-electron chi connectivity index (χ4n) is 2.73. The van der Waals surface area contributed by atoms with Crippen LogP contribution in [0.2, 0.25) is 0 Å². The lowest BCUT2D eigenvalue weighted by Crippen LogP contribution is -2.46. The van der Waals surface area contributed by atoms with Crippen LogP contribution < -0.4 is 4.57 Å². The highest BCUT2D eigenvalue weighted by Gasteiger charge is 2.48. The summed E-state index contributed by atoms with van der Waals surface area (Å²) in [5, 5.41) is 38.6. The van der Waals surface area contributed by atoms with Crippen LogP contribution in [0.5, 0.6) is 5.75 Å². The molecule has 4 unspecified atom stereocenters. The number of nitrogens with zero attached hydrogens (tertiary/aromatic N) is 1. The first-order valence-electron chi connectivity index (χ1n) is 8.08. The summed E-state index contributed by atoms with van der Waals surface area (Å²) in [6.07, 6.45) is -1.92. The molecule has 0 saturated carbocycles. The van der Waals surface area contributed by atoms with E-state index in [0.29, 0.717) is 0 Å². The number of aliphatic hydroxyl groups excluding tert-OH is 2. The van der Waals surface area contributed by atoms with E-state index < -0.39 is 36.5 Å². The molecular weight excluding hydrogens is 358 g/mol. The molecule has 142 valence electrons. The molecule has 9 heteroatoms. The number of esters is 1. The van der Waals surface area contributed by atoms with Crippen LogP contribution in [0.3, 0.4) is 0 Å². The predicted molar refractivity (Wildman–Crippen MR) is 87.9 cm³/mol. The van der Waals surface area contributed by atoms with Gasteiger partial charge in [0.05, 0.1) is 5.56 Å². The molecule has 0 bridgehead atoms. The summed E-state index contributed by atoms with van der Waals surface area (Å²) in [6.45, 7) is -0.312. The zero-order valence-electron chi connectivity index (χ0n) is 14.0. The van der Waals surface area contributed by atoms with Crippen LogP contribution in [0.1, 0.15) is 26.9 Å². The monoisotopic (exact) mass is 376 g/mol. The summed E-state index contributed by atoms with van der Waals surface area (Å²) in [6, 6.07) is 8.30. The van der Waals surface area contributed by atoms with E-state index >= 15 is 0 Å². The summed E-state index contributed by atoms with van der Waals surface area (Å²) in [7, 11) is 0. The summed E-state index contributed by atoms with van der Waals surface area (Å²) in [5.41, 5.74) is 0.200. The molecule has 0 spiro atoms. The molecule has 27 heavy (non-hydrogen) atoms. The lowest BCUT2D eigenvalue weighted by Gasteiger charge is -2.13. The van der Waals surface area contributed by atoms with Crippen molar-refractivity contribution in [2.75, 3.05) is 6.61 Å². The lowest BCUT2D eigenvalue weighted by atomic mass is 10.1. The number of ether oxygens (including phenoxy) is 2. The smallest absolute Gasteiger partial charge is 0.341 e. The Morgan fingerprint density at radius 1 is 1.07 bits per heavy atom. The fourth-order valence-corrected chi connectivity index (χ4v) is 2.73. The number of rotatable bonds is 5. The van der Waals surface area contributed by atoms with Gasteiger partial charge < -0.3 is 29.9 Å². The van der Waals surface area contributed by atoms with Gasteiger partial charge in [-0.1, -0.05) is 0 Å². The minimum absolute atomic E-state index is 0.00711. The molecular formula is C18H18NO8+. The van der Waals surface area contributed by atoms with E-state index in [-0.39, 0.29) is 23.5 Å². The van der Waals surface area contributed by atoms with Crippen molar-refractivity contribution in [2.45, 2.75) is 24.5 Å². The fraction of sp³-hybridized carbons (Fsp3) is 0.278. The zero-order chi connectivity index (χ0) is 19.6. The average molecular weight is 376 g/mol. The second kappa shape index (κ2) is 7.70. The molecule has 4 N–H and O–H groups in total. The number of carbonyl (C=O) groups is 2. The van der Waals surface area contributed by atoms with Crippen molar-refractivity contribution in [2.24, 2.45) is 0 Å². The van der Waals surface area contributed by atoms with E-state index in [1.807, 2.05) is 0 Å². The van der Waals surface area contributed by atoms with Crippen LogP contribution in [-0.4, -0.2) is 57.3 Å². The lowest BCUT2D eigenvalue weighted by molar-refractivity contribution is -0.765. The molecule has 3 rings (SSSR count). The van der Waals surface area contributed by atoms with Crippen LogP contribution in [-0.2, 0) is 9.47 Å². The van der Waals surface area contributed by atoms with Crippen LogP contribution in [0.15, 0.2) is 48.8 Å². The number of phenolic OH excluding ortho intramolecular Hbond substituents is 1. The summed E-state index contributed by atoms with van der Waals surface area (Å²) >= 11 is 0. The largest absolute Gasteiger partial charge is 0.508 e. The van der Waals surface area contributed by atoms with Gasteiger partial charge in [0.15, 0.2) is 18.5 Å². The van der Waals surface area contributed by atoms with E-state index in [0.717, 1.165) is 0 Å². The second-order valence-electron chi connectivity index (χ2n) is 6.04. The topological polar surface area (TPSA) is 137 Å². The number of hydrogen-bond donors (Lipinski definition) is 4. The van der Waals surface area contributed by atoms with Gasteiger partial charge in [0.1, 0.15) is 30.1 Å². The van der Waals surface area contributed by atoms with Gasteiger partial charge in [-0.3, -0.25) is 0 Å². The SMILES string of the molecule is O=C(O)c1ccc[n+](C2OC(COC(=O)c3ccc(O)cc3)C(O)C2O)c1. The highest BCUT2D eigenvalue weighted by molar-refractivity contribution is 5.89. The highest BCUT2D eigenvalue weighted by Crippen LogP contribution is 2.26. The number of aromatic hydroxyl groups is 1. The van der Waals surface area contributed by atoms with E-state index in [1.54, 1.807) is 0 Å². The Hall–Kier alpha value is -3.01. The molecule has 0 amide bonds. The molecule has 0 radical (unpaired) electrons. The molecule has 4 atom stereocenters. The van der Waals surface area contributed by atoms with Crippen LogP contribution in [0.25, 0.3) is 0 Å². The van der Waals surface area contributed by atoms with Gasteiger partial charge in [-0.25, -0.2) is 9.59 Å². The summed E-state index contributed by atoms with van der Waals surface area (Å²) in [5.74, 6) is -1.81. The van der Waals surface area contributed by atoms with Gasteiger partial charge in [-0.05, 0) is 30.3 Å². The van der Waals surface area contributed by atoms with Crippen molar-refractivity contribution in [1.29, 1.82) is 0 Å². The Labute approximate surface area is 153 Å². The molecule has 1 aliphatic rings. The number of phenols is 1. The number of aromatic carboxylic acids is 1. The standard InChI is InChI=1S/C18H17NO8/c20-12-5-3-10(4-6-12)18(25)26-9-13-14(21)15(22)16(27-13)19-7-1-2-11(8-19)17(23)24/h1-8,13-16,21-22H,9H2,(H-,20,23,24,25)/p+1. The first-order chi connectivity index (χ1) is 12.9. The maximum atomic E-state index is 12.0. The van der Waals surface area contributed by atoms with Crippen molar-refractivity contribution in [3.8, 4) is 5.75 Å². The maximum absolute atomic E-state index is 12.0. The molecule has 2 aromatic rings. The van der Waals surface area contributed by atoms with Crippen LogP contribution in [0, 0.1) is 0 Å². The Bertz CT molecular complexity index is 838. The van der Waals surface area contributed by atoms with Crippen molar-refractivity contribution >= 4 is 11.9 Å². The summed E-state index contributed by atoms with van der Waals surface area (Å²) < 4.78 is 12.0. The van der Waals surface area contributed by atoms with Gasteiger partial charge in [-0.15, -0.1) is 0 Å². The highest BCUT2D eigenvalue weighted by atomic mass is 16.6. The number of carboxylic acid groups (broad SMARTS) is 1. The molecule has 1 aromatic carbocycles. The van der Waals surface area contributed by atoms with Gasteiger partial charge in [-0.2, -0.15) is 4.57 Å². The Kier molecular flexibility index (Phi) is 5.36. The van der Waals surface area contributed by atoms with Gasteiger partial charge >= 0.3 is 11.9 Å². The van der Waals surface area contributed by atoms with Gasteiger partial charge in [0.2, 0.25) is 0 Å². The Balaban J connectivity index is 1.66. The van der Waals surface area contributed by atoms with E-state index in [1.165, 1.54) is 53.4 Å². The zero-order valence-corrected chi connectivity index (χ0v) is 14.0. The van der Waals surface area contributed by atoms with Crippen molar-refractivity contribution < 1.29 is 44.1 Å². The third-order valence-electron chi connectivity index (χ3n) is 4.18. The number of carboxylic acids is 1. The van der Waals surface area contributed by atoms with Gasteiger partial charge in [0, 0.05) is 6.07 Å². The summed E-state index contributed by atoms with van der Waals surface area (Å²) in [4.78, 5) is 23.1. The molecule has 2 heterocycles. The van der Waals surface area contributed by atoms with Gasteiger partial charge in [0.25, 0.3) is 6.23 Å². The number of pyridine rings is 1. The van der Waals surface area contributed by atoms with E-state index in [2.05, 4.69) is 0 Å². The molecule has 1 aliphatic heterocycles. The number of aromatic nitrogens is 1. The normalized spacial score (nSPS) is 24.5. The number of hydrogen-bond acceptors (Lipinski definition) is 7. The van der Waals surface area contributed by atoms with E-state index in [9.17, 15) is 24.9 Å². The molecule has 1 saturated heterocycles. The Morgan fingerprint density at radius 3 is 2.44 bits per heavy atom. The quantitative estimate of drug-likeness (QED) is 0.418. The van der Waals surface area contributed by atoms with E-state index in [4.69, 9.17) is 14.6 Å². The first-order valence-corrected chi connectivity index (χ1v) is 8.08. The van der Waals surface area contributed by atoms with Crippen LogP contribution in [0.4, 0.5) is 0 Å². The third-order valence-corrected chi connectivity index (χ3v) is 4.18. The number of benzene rings is 1. The molecule has 1 fully saturated rings. The predicted octanol–water partition coefficient (Wildman–Crippen LogP) is -0.146. The number of carbonyl (C=O) groups excluding carboxylic acids is 1. The third kappa shape index (κ3) is 4.05. The second-order valence-corrected chi connectivity index (χ2v) is 6.04. The molecule has 1 aromatic heterocycles. The first kappa shape index (κ1) is 18.8. The minimum Gasteiger partial charge on any atom is -0.508 e. The maximum Gasteiger partial charge on any atom is 0.341 e. The Morgan fingerprint density at radius 2 is 1.78 bits per heavy atom. The molecule has 9 nitrogen and oxygen atoms in total. The van der Waals surface area contributed by atoms with Crippen molar-refractivity contribution in [3.05, 3.63) is 59.9 Å².